The highest BCUT2D eigenvalue weighted by Gasteiger charge is 2.31. The van der Waals surface area contributed by atoms with Crippen molar-refractivity contribution in [1.82, 2.24) is 10.6 Å². The quantitative estimate of drug-likeness (QED) is 0.656. The van der Waals surface area contributed by atoms with E-state index in [1.165, 1.54) is 6.92 Å². The van der Waals surface area contributed by atoms with Gasteiger partial charge in [0.15, 0.2) is 0 Å². The lowest BCUT2D eigenvalue weighted by atomic mass is 9.89. The van der Waals surface area contributed by atoms with Crippen LogP contribution in [0.5, 0.6) is 0 Å². The molecule has 16 heavy (non-hydrogen) atoms. The van der Waals surface area contributed by atoms with E-state index < -0.39 is 24.7 Å². The molecule has 0 spiro atoms. The van der Waals surface area contributed by atoms with Gasteiger partial charge in [0.05, 0.1) is 12.1 Å². The first-order chi connectivity index (χ1) is 7.28. The van der Waals surface area contributed by atoms with Crippen LogP contribution < -0.4 is 10.6 Å². The van der Waals surface area contributed by atoms with Crippen LogP contribution in [0.1, 0.15) is 19.8 Å². The third kappa shape index (κ3) is 4.36. The van der Waals surface area contributed by atoms with Gasteiger partial charge < -0.3 is 15.7 Å². The third-order valence-corrected chi connectivity index (χ3v) is 2.46. The van der Waals surface area contributed by atoms with Gasteiger partial charge in [-0.05, 0) is 19.8 Å². The van der Waals surface area contributed by atoms with E-state index in [-0.39, 0.29) is 12.1 Å². The Balaban J connectivity index is 2.20. The number of carbonyl (C=O) groups excluding carboxylic acids is 1. The van der Waals surface area contributed by atoms with Gasteiger partial charge in [-0.1, -0.05) is 0 Å². The number of aliphatic hydroxyl groups is 1. The van der Waals surface area contributed by atoms with Gasteiger partial charge >= 0.3 is 6.18 Å². The molecule has 3 N–H and O–H groups in total. The number of aliphatic hydroxyl groups excluding tert-OH is 1. The minimum absolute atomic E-state index is 0.0154. The molecule has 0 aliphatic heterocycles. The molecule has 1 rings (SSSR count). The first-order valence-corrected chi connectivity index (χ1v) is 5.06. The number of nitrogens with one attached hydrogen (secondary N) is 2. The van der Waals surface area contributed by atoms with E-state index in [1.54, 1.807) is 5.32 Å². The maximum absolute atomic E-state index is 11.8. The highest BCUT2D eigenvalue weighted by atomic mass is 19.4. The second-order valence-electron chi connectivity index (χ2n) is 4.04. The molecular weight excluding hydrogens is 225 g/mol. The molecule has 1 aliphatic carbocycles. The van der Waals surface area contributed by atoms with E-state index in [0.29, 0.717) is 12.8 Å². The molecule has 0 heterocycles. The normalized spacial score (nSPS) is 27.1. The van der Waals surface area contributed by atoms with Gasteiger partial charge in [0.25, 0.3) is 0 Å². The zero-order chi connectivity index (χ0) is 12.3. The van der Waals surface area contributed by atoms with E-state index in [4.69, 9.17) is 5.11 Å². The van der Waals surface area contributed by atoms with Crippen LogP contribution in [0.2, 0.25) is 0 Å². The van der Waals surface area contributed by atoms with Gasteiger partial charge in [0.1, 0.15) is 6.54 Å². The molecule has 94 valence electrons. The van der Waals surface area contributed by atoms with Crippen LogP contribution in [0, 0.1) is 0 Å². The van der Waals surface area contributed by atoms with Gasteiger partial charge in [0, 0.05) is 6.04 Å². The summed E-state index contributed by atoms with van der Waals surface area (Å²) in [5.41, 5.74) is 0. The summed E-state index contributed by atoms with van der Waals surface area (Å²) in [5, 5.41) is 13.6. The molecule has 1 amide bonds. The summed E-state index contributed by atoms with van der Waals surface area (Å²) in [6, 6.07) is -0.665. The maximum atomic E-state index is 11.8. The van der Waals surface area contributed by atoms with Crippen LogP contribution in [-0.2, 0) is 4.79 Å². The molecule has 1 fully saturated rings. The second kappa shape index (κ2) is 5.01. The predicted octanol–water partition coefficient (Wildman–Crippen LogP) is 0.166. The van der Waals surface area contributed by atoms with Crippen LogP contribution in [0.25, 0.3) is 0 Å². The van der Waals surface area contributed by atoms with Gasteiger partial charge in [-0.2, -0.15) is 13.2 Å². The maximum Gasteiger partial charge on any atom is 0.405 e. The van der Waals surface area contributed by atoms with Crippen molar-refractivity contribution in [3.8, 4) is 0 Å². The Hall–Kier alpha value is -0.820. The monoisotopic (exact) mass is 240 g/mol. The van der Waals surface area contributed by atoms with Crippen molar-refractivity contribution in [2.24, 2.45) is 0 Å². The zero-order valence-electron chi connectivity index (χ0n) is 8.84. The Bertz CT molecular complexity index is 252. The molecule has 7 heteroatoms. The van der Waals surface area contributed by atoms with E-state index in [2.05, 4.69) is 5.32 Å². The zero-order valence-corrected chi connectivity index (χ0v) is 8.84. The number of amides is 1. The lowest BCUT2D eigenvalue weighted by Gasteiger charge is -2.34. The average molecular weight is 240 g/mol. The standard InChI is InChI=1S/C9H15F3N2O2/c1-5(14-6-2-7(15)3-6)8(16)13-4-9(10,11)12/h5-7,14-15H,2-4H2,1H3,(H,13,16). The molecule has 1 atom stereocenters. The van der Waals surface area contributed by atoms with E-state index in [9.17, 15) is 18.0 Å². The van der Waals surface area contributed by atoms with Crippen molar-refractivity contribution in [2.75, 3.05) is 6.54 Å². The third-order valence-electron chi connectivity index (χ3n) is 2.46. The SMILES string of the molecule is CC(NC1CC(O)C1)C(=O)NCC(F)(F)F. The van der Waals surface area contributed by atoms with E-state index in [0.717, 1.165) is 0 Å². The summed E-state index contributed by atoms with van der Waals surface area (Å²) in [4.78, 5) is 11.2. The Kier molecular flexibility index (Phi) is 4.15. The molecule has 1 saturated carbocycles. The lowest BCUT2D eigenvalue weighted by Crippen LogP contribution is -2.53. The van der Waals surface area contributed by atoms with Crippen molar-refractivity contribution in [3.63, 3.8) is 0 Å². The lowest BCUT2D eigenvalue weighted by molar-refractivity contribution is -0.139. The highest BCUT2D eigenvalue weighted by Crippen LogP contribution is 2.19. The van der Waals surface area contributed by atoms with Crippen molar-refractivity contribution in [3.05, 3.63) is 0 Å². The number of alkyl halides is 3. The molecule has 0 saturated heterocycles. The Morgan fingerprint density at radius 1 is 1.50 bits per heavy atom. The molecule has 0 aromatic carbocycles. The van der Waals surface area contributed by atoms with Crippen molar-refractivity contribution in [1.29, 1.82) is 0 Å². The Morgan fingerprint density at radius 3 is 2.50 bits per heavy atom. The molecule has 1 unspecified atom stereocenters. The number of carbonyl (C=O) groups is 1. The molecular formula is C9H15F3N2O2. The molecule has 0 bridgehead atoms. The molecule has 0 aromatic rings. The number of rotatable bonds is 4. The van der Waals surface area contributed by atoms with Gasteiger partial charge in [-0.25, -0.2) is 0 Å². The fourth-order valence-electron chi connectivity index (χ4n) is 1.49. The fourth-order valence-corrected chi connectivity index (χ4v) is 1.49. The average Bonchev–Trinajstić information content (AvgIpc) is 2.10. The minimum Gasteiger partial charge on any atom is -0.393 e. The summed E-state index contributed by atoms with van der Waals surface area (Å²) in [6.45, 7) is 0.182. The first kappa shape index (κ1) is 13.2. The first-order valence-electron chi connectivity index (χ1n) is 5.06. The van der Waals surface area contributed by atoms with Crippen LogP contribution in [0.3, 0.4) is 0 Å². The summed E-state index contributed by atoms with van der Waals surface area (Å²) in [6.07, 6.45) is -3.67. The number of hydrogen-bond acceptors (Lipinski definition) is 3. The Morgan fingerprint density at radius 2 is 2.06 bits per heavy atom. The molecule has 4 nitrogen and oxygen atoms in total. The fraction of sp³-hybridized carbons (Fsp3) is 0.889. The van der Waals surface area contributed by atoms with Gasteiger partial charge in [0.2, 0.25) is 5.91 Å². The van der Waals surface area contributed by atoms with Crippen molar-refractivity contribution in [2.45, 2.75) is 44.1 Å². The van der Waals surface area contributed by atoms with Crippen molar-refractivity contribution >= 4 is 5.91 Å². The molecule has 0 aromatic heterocycles. The number of hydrogen-bond donors (Lipinski definition) is 3. The smallest absolute Gasteiger partial charge is 0.393 e. The highest BCUT2D eigenvalue weighted by molar-refractivity contribution is 5.81. The van der Waals surface area contributed by atoms with Crippen molar-refractivity contribution < 1.29 is 23.1 Å². The van der Waals surface area contributed by atoms with Crippen LogP contribution in [0.15, 0.2) is 0 Å². The molecule has 1 aliphatic rings. The second-order valence-corrected chi connectivity index (χ2v) is 4.04. The summed E-state index contributed by atoms with van der Waals surface area (Å²) in [5.74, 6) is -0.682. The predicted molar refractivity (Wildman–Crippen MR) is 50.7 cm³/mol. The summed E-state index contributed by atoms with van der Waals surface area (Å²) < 4.78 is 35.4. The van der Waals surface area contributed by atoms with Gasteiger partial charge in [-0.3, -0.25) is 4.79 Å². The largest absolute Gasteiger partial charge is 0.405 e. The molecule has 0 radical (unpaired) electrons. The van der Waals surface area contributed by atoms with Crippen LogP contribution >= 0.6 is 0 Å². The van der Waals surface area contributed by atoms with Crippen LogP contribution in [-0.4, -0.2) is 41.9 Å². The summed E-state index contributed by atoms with van der Waals surface area (Å²) in [7, 11) is 0. The van der Waals surface area contributed by atoms with E-state index in [1.807, 2.05) is 0 Å². The van der Waals surface area contributed by atoms with E-state index >= 15 is 0 Å². The summed E-state index contributed by atoms with van der Waals surface area (Å²) >= 11 is 0. The van der Waals surface area contributed by atoms with Gasteiger partial charge in [-0.15, -0.1) is 0 Å². The minimum atomic E-state index is -4.39. The van der Waals surface area contributed by atoms with Crippen LogP contribution in [0.4, 0.5) is 13.2 Å². The topological polar surface area (TPSA) is 61.4 Å². The Labute approximate surface area is 91.2 Å². The number of halogens is 3.